The van der Waals surface area contributed by atoms with Gasteiger partial charge in [-0.05, 0) is 64.0 Å². The van der Waals surface area contributed by atoms with Gasteiger partial charge in [0.2, 0.25) is 0 Å². The lowest BCUT2D eigenvalue weighted by Crippen LogP contribution is -2.24. The van der Waals surface area contributed by atoms with Gasteiger partial charge in [0.25, 0.3) is 5.91 Å². The van der Waals surface area contributed by atoms with Gasteiger partial charge in [-0.3, -0.25) is 4.79 Å². The molecule has 1 atom stereocenters. The van der Waals surface area contributed by atoms with Crippen LogP contribution in [0.1, 0.15) is 35.2 Å². The minimum atomic E-state index is -0.0215. The first-order chi connectivity index (χ1) is 9.61. The third kappa shape index (κ3) is 3.51. The number of carbonyl (C=O) groups is 1. The first-order valence-electron chi connectivity index (χ1n) is 7.38. The van der Waals surface area contributed by atoms with Crippen LogP contribution in [0.4, 0.5) is 5.69 Å². The Morgan fingerprint density at radius 3 is 2.85 bits per heavy atom. The molecule has 2 rings (SSSR count). The van der Waals surface area contributed by atoms with E-state index in [4.69, 9.17) is 0 Å². The maximum atomic E-state index is 11.8. The topological polar surface area (TPSA) is 44.4 Å². The molecule has 0 bridgehead atoms. The van der Waals surface area contributed by atoms with E-state index in [-0.39, 0.29) is 5.91 Å². The maximum Gasteiger partial charge on any atom is 0.251 e. The van der Waals surface area contributed by atoms with Gasteiger partial charge in [0.15, 0.2) is 0 Å². The standard InChI is InChI=1S/C16H25N3O/c1-12-14(16(20)17-2)7-4-8-15(12)18-13-6-5-10-19(3)11-9-13/h4,7-8,13,18H,5-6,9-11H2,1-3H3,(H,17,20). The number of hydrogen-bond acceptors (Lipinski definition) is 3. The molecule has 2 N–H and O–H groups in total. The van der Waals surface area contributed by atoms with Crippen LogP contribution in [-0.2, 0) is 0 Å². The van der Waals surface area contributed by atoms with Crippen molar-refractivity contribution < 1.29 is 4.79 Å². The van der Waals surface area contributed by atoms with E-state index in [1.54, 1.807) is 7.05 Å². The molecule has 0 aliphatic carbocycles. The lowest BCUT2D eigenvalue weighted by atomic mass is 10.0. The van der Waals surface area contributed by atoms with Crippen LogP contribution in [0.5, 0.6) is 0 Å². The van der Waals surface area contributed by atoms with Crippen molar-refractivity contribution in [3.05, 3.63) is 29.3 Å². The van der Waals surface area contributed by atoms with Crippen LogP contribution in [0.25, 0.3) is 0 Å². The van der Waals surface area contributed by atoms with Crippen LogP contribution in [0.3, 0.4) is 0 Å². The van der Waals surface area contributed by atoms with Crippen molar-refractivity contribution in [2.75, 3.05) is 32.5 Å². The Kier molecular flexibility index (Phi) is 5.01. The lowest BCUT2D eigenvalue weighted by Gasteiger charge is -2.20. The second-order valence-corrected chi connectivity index (χ2v) is 5.63. The van der Waals surface area contributed by atoms with E-state index < -0.39 is 0 Å². The largest absolute Gasteiger partial charge is 0.382 e. The molecule has 1 aliphatic heterocycles. The van der Waals surface area contributed by atoms with Crippen molar-refractivity contribution in [1.82, 2.24) is 10.2 Å². The molecule has 1 saturated heterocycles. The molecule has 0 radical (unpaired) electrons. The average molecular weight is 275 g/mol. The molecule has 1 aromatic carbocycles. The fourth-order valence-electron chi connectivity index (χ4n) is 2.78. The summed E-state index contributed by atoms with van der Waals surface area (Å²) < 4.78 is 0. The molecule has 4 heteroatoms. The first kappa shape index (κ1) is 14.9. The predicted octanol–water partition coefficient (Wildman–Crippen LogP) is 2.25. The summed E-state index contributed by atoms with van der Waals surface area (Å²) in [6.45, 7) is 4.32. The molecule has 20 heavy (non-hydrogen) atoms. The van der Waals surface area contributed by atoms with Crippen molar-refractivity contribution in [2.24, 2.45) is 0 Å². The number of carbonyl (C=O) groups excluding carboxylic acids is 1. The molecule has 4 nitrogen and oxygen atoms in total. The summed E-state index contributed by atoms with van der Waals surface area (Å²) >= 11 is 0. The molecule has 110 valence electrons. The number of anilines is 1. The highest BCUT2D eigenvalue weighted by atomic mass is 16.1. The summed E-state index contributed by atoms with van der Waals surface area (Å²) in [5, 5.41) is 6.32. The summed E-state index contributed by atoms with van der Waals surface area (Å²) in [4.78, 5) is 14.2. The number of hydrogen-bond donors (Lipinski definition) is 2. The van der Waals surface area contributed by atoms with E-state index in [2.05, 4.69) is 28.6 Å². The molecule has 1 aliphatic rings. The van der Waals surface area contributed by atoms with Gasteiger partial charge in [0.1, 0.15) is 0 Å². The third-order valence-electron chi connectivity index (χ3n) is 4.12. The van der Waals surface area contributed by atoms with Crippen LogP contribution in [0.15, 0.2) is 18.2 Å². The fourth-order valence-corrected chi connectivity index (χ4v) is 2.78. The molecule has 1 aromatic rings. The Bertz CT molecular complexity index is 473. The summed E-state index contributed by atoms with van der Waals surface area (Å²) in [7, 11) is 3.85. The Balaban J connectivity index is 2.11. The number of nitrogens with one attached hydrogen (secondary N) is 2. The van der Waals surface area contributed by atoms with Gasteiger partial charge in [-0.15, -0.1) is 0 Å². The summed E-state index contributed by atoms with van der Waals surface area (Å²) in [5.74, 6) is -0.0215. The van der Waals surface area contributed by atoms with E-state index >= 15 is 0 Å². The van der Waals surface area contributed by atoms with Crippen molar-refractivity contribution in [3.8, 4) is 0 Å². The highest BCUT2D eigenvalue weighted by Gasteiger charge is 2.16. The SMILES string of the molecule is CNC(=O)c1cccc(NC2CCCN(C)CC2)c1C. The van der Waals surface area contributed by atoms with E-state index in [0.717, 1.165) is 29.8 Å². The number of nitrogens with zero attached hydrogens (tertiary/aromatic N) is 1. The fraction of sp³-hybridized carbons (Fsp3) is 0.562. The number of likely N-dealkylation sites (tertiary alicyclic amines) is 1. The molecule has 1 fully saturated rings. The Hall–Kier alpha value is -1.55. The maximum absolute atomic E-state index is 11.8. The monoisotopic (exact) mass is 275 g/mol. The number of benzene rings is 1. The van der Waals surface area contributed by atoms with Crippen molar-refractivity contribution in [3.63, 3.8) is 0 Å². The predicted molar refractivity (Wildman–Crippen MR) is 83.3 cm³/mol. The first-order valence-corrected chi connectivity index (χ1v) is 7.38. The quantitative estimate of drug-likeness (QED) is 0.889. The molecular weight excluding hydrogens is 250 g/mol. The summed E-state index contributed by atoms with van der Waals surface area (Å²) in [6.07, 6.45) is 3.57. The second kappa shape index (κ2) is 6.75. The van der Waals surface area contributed by atoms with Crippen LogP contribution < -0.4 is 10.6 Å². The zero-order valence-corrected chi connectivity index (χ0v) is 12.7. The van der Waals surface area contributed by atoms with Gasteiger partial charge in [-0.25, -0.2) is 0 Å². The normalized spacial score (nSPS) is 20.2. The zero-order chi connectivity index (χ0) is 14.5. The smallest absolute Gasteiger partial charge is 0.251 e. The van der Waals surface area contributed by atoms with Crippen LogP contribution in [0.2, 0.25) is 0 Å². The molecule has 1 amide bonds. The van der Waals surface area contributed by atoms with Crippen molar-refractivity contribution in [2.45, 2.75) is 32.2 Å². The highest BCUT2D eigenvalue weighted by molar-refractivity contribution is 5.96. The lowest BCUT2D eigenvalue weighted by molar-refractivity contribution is 0.0962. The van der Waals surface area contributed by atoms with Gasteiger partial charge < -0.3 is 15.5 Å². The van der Waals surface area contributed by atoms with Gasteiger partial charge in [0.05, 0.1) is 0 Å². The summed E-state index contributed by atoms with van der Waals surface area (Å²) in [6, 6.07) is 6.39. The molecule has 1 unspecified atom stereocenters. The van der Waals surface area contributed by atoms with E-state index in [9.17, 15) is 4.79 Å². The molecule has 1 heterocycles. The van der Waals surface area contributed by atoms with Gasteiger partial charge in [-0.1, -0.05) is 6.07 Å². The minimum absolute atomic E-state index is 0.0215. The second-order valence-electron chi connectivity index (χ2n) is 5.63. The molecular formula is C16H25N3O. The van der Waals surface area contributed by atoms with Gasteiger partial charge in [-0.2, -0.15) is 0 Å². The Morgan fingerprint density at radius 2 is 2.10 bits per heavy atom. The minimum Gasteiger partial charge on any atom is -0.382 e. The zero-order valence-electron chi connectivity index (χ0n) is 12.7. The van der Waals surface area contributed by atoms with Crippen LogP contribution in [-0.4, -0.2) is 44.0 Å². The van der Waals surface area contributed by atoms with E-state index in [0.29, 0.717) is 6.04 Å². The van der Waals surface area contributed by atoms with Crippen molar-refractivity contribution >= 4 is 11.6 Å². The third-order valence-corrected chi connectivity index (χ3v) is 4.12. The Morgan fingerprint density at radius 1 is 1.30 bits per heavy atom. The van der Waals surface area contributed by atoms with Gasteiger partial charge in [0, 0.05) is 24.3 Å². The molecule has 0 saturated carbocycles. The Labute approximate surface area is 121 Å². The van der Waals surface area contributed by atoms with E-state index in [1.807, 2.05) is 19.1 Å². The number of rotatable bonds is 3. The van der Waals surface area contributed by atoms with Crippen LogP contribution >= 0.6 is 0 Å². The molecule has 0 aromatic heterocycles. The van der Waals surface area contributed by atoms with Crippen molar-refractivity contribution in [1.29, 1.82) is 0 Å². The average Bonchev–Trinajstić information content (AvgIpc) is 2.65. The molecule has 0 spiro atoms. The van der Waals surface area contributed by atoms with Gasteiger partial charge >= 0.3 is 0 Å². The summed E-state index contributed by atoms with van der Waals surface area (Å²) in [5.41, 5.74) is 2.87. The number of amides is 1. The highest BCUT2D eigenvalue weighted by Crippen LogP contribution is 2.22. The van der Waals surface area contributed by atoms with E-state index in [1.165, 1.54) is 19.4 Å². The van der Waals surface area contributed by atoms with Crippen LogP contribution in [0, 0.1) is 6.92 Å².